The van der Waals surface area contributed by atoms with Crippen molar-refractivity contribution < 1.29 is 14.3 Å². The van der Waals surface area contributed by atoms with Gasteiger partial charge in [0.15, 0.2) is 6.29 Å². The molecular weight excluding hydrogens is 502 g/mol. The number of aldehydes is 1. The van der Waals surface area contributed by atoms with Crippen LogP contribution in [-0.2, 0) is 11.3 Å². The number of nitrogens with zero attached hydrogens (tertiary/aromatic N) is 2. The van der Waals surface area contributed by atoms with Crippen LogP contribution in [-0.4, -0.2) is 47.9 Å². The molecule has 0 spiro atoms. The summed E-state index contributed by atoms with van der Waals surface area (Å²) in [5, 5.41) is 9.30. The first-order valence-electron chi connectivity index (χ1n) is 14.4. The molecule has 2 amide bonds. The van der Waals surface area contributed by atoms with E-state index in [9.17, 15) is 9.59 Å². The molecule has 1 aromatic heterocycles. The summed E-state index contributed by atoms with van der Waals surface area (Å²) in [6.45, 7) is 3.80. The van der Waals surface area contributed by atoms with Crippen LogP contribution in [0, 0.1) is 5.92 Å². The van der Waals surface area contributed by atoms with Crippen LogP contribution in [0.1, 0.15) is 71.3 Å². The lowest BCUT2D eigenvalue weighted by Crippen LogP contribution is -2.46. The topological polar surface area (TPSA) is 95.6 Å². The zero-order valence-electron chi connectivity index (χ0n) is 22.7. The summed E-state index contributed by atoms with van der Waals surface area (Å²) in [7, 11) is 0. The number of hydrogen-bond donors (Lipinski definition) is 3. The van der Waals surface area contributed by atoms with Crippen LogP contribution in [0.2, 0.25) is 0 Å². The fraction of sp³-hybridized carbons (Fsp3) is 0.406. The van der Waals surface area contributed by atoms with E-state index < -0.39 is 12.3 Å². The number of ether oxygens (including phenoxy) is 1. The molecule has 3 fully saturated rings. The van der Waals surface area contributed by atoms with E-state index in [2.05, 4.69) is 50.1 Å². The van der Waals surface area contributed by atoms with Crippen molar-refractivity contribution in [3.8, 4) is 0 Å². The van der Waals surface area contributed by atoms with E-state index in [1.165, 1.54) is 17.5 Å². The highest BCUT2D eigenvalue weighted by Crippen LogP contribution is 2.37. The van der Waals surface area contributed by atoms with Crippen molar-refractivity contribution in [1.29, 1.82) is 0 Å². The number of rotatable bonds is 7. The summed E-state index contributed by atoms with van der Waals surface area (Å²) in [6.07, 6.45) is 7.96. The van der Waals surface area contributed by atoms with Crippen molar-refractivity contribution in [3.05, 3.63) is 89.1 Å². The molecule has 6 rings (SSSR count). The number of urea groups is 1. The molecule has 4 atom stereocenters. The van der Waals surface area contributed by atoms with E-state index in [-0.39, 0.29) is 6.10 Å². The van der Waals surface area contributed by atoms with E-state index >= 15 is 0 Å². The van der Waals surface area contributed by atoms with Gasteiger partial charge >= 0.3 is 6.03 Å². The first kappa shape index (κ1) is 26.6. The Morgan fingerprint density at radius 1 is 1.05 bits per heavy atom. The van der Waals surface area contributed by atoms with E-state index in [0.29, 0.717) is 34.5 Å². The smallest absolute Gasteiger partial charge is 0.324 e. The standard InChI is InChI=1S/C32H37N5O3/c38-21-26-10-6-11-27(30(26)31-34-18-24-9-4-5-12-28(24)40-31)35-32(39)36-29-17-23(13-15-33-29)25-14-16-37(20-25)19-22-7-2-1-3-8-22/h1-3,6-8,10-11,13,15,17,21,24-25,28,31,34H,4-5,9,12,14,16,18-20H2,(H2,33,35,36,39)/t24-,25?,28-,31?/m1/s1. The third kappa shape index (κ3) is 6.09. The highest BCUT2D eigenvalue weighted by Gasteiger charge is 2.35. The number of hydrogen-bond acceptors (Lipinski definition) is 6. The Hall–Kier alpha value is -3.59. The lowest BCUT2D eigenvalue weighted by molar-refractivity contribution is -0.109. The van der Waals surface area contributed by atoms with E-state index in [0.717, 1.165) is 58.1 Å². The molecule has 0 radical (unpaired) electrons. The average Bonchev–Trinajstić information content (AvgIpc) is 3.46. The van der Waals surface area contributed by atoms with Gasteiger partial charge < -0.3 is 10.1 Å². The van der Waals surface area contributed by atoms with Crippen LogP contribution in [0.5, 0.6) is 0 Å². The molecule has 0 bridgehead atoms. The monoisotopic (exact) mass is 539 g/mol. The minimum Gasteiger partial charge on any atom is -0.355 e. The van der Waals surface area contributed by atoms with Gasteiger partial charge in [0.25, 0.3) is 0 Å². The number of benzene rings is 2. The third-order valence-electron chi connectivity index (χ3n) is 8.51. The Labute approximate surface area is 235 Å². The molecule has 3 aromatic rings. The Morgan fingerprint density at radius 2 is 1.93 bits per heavy atom. The van der Waals surface area contributed by atoms with E-state index in [1.54, 1.807) is 18.3 Å². The number of aromatic nitrogens is 1. The van der Waals surface area contributed by atoms with Crippen molar-refractivity contribution >= 4 is 23.8 Å². The van der Waals surface area contributed by atoms with Crippen LogP contribution in [0.4, 0.5) is 16.3 Å². The molecule has 3 heterocycles. The predicted molar refractivity (Wildman–Crippen MR) is 155 cm³/mol. The number of likely N-dealkylation sites (tertiary alicyclic amines) is 1. The summed E-state index contributed by atoms with van der Waals surface area (Å²) in [6, 6.07) is 19.5. The van der Waals surface area contributed by atoms with Crippen LogP contribution in [0.3, 0.4) is 0 Å². The summed E-state index contributed by atoms with van der Waals surface area (Å²) in [4.78, 5) is 31.9. The summed E-state index contributed by atoms with van der Waals surface area (Å²) in [5.41, 5.74) is 4.22. The number of nitrogens with one attached hydrogen (secondary N) is 3. The SMILES string of the molecule is O=Cc1cccc(NC(=O)Nc2cc(C3CCN(Cc4ccccc4)C3)ccn2)c1C1NC[C@H]2CCCC[C@H]2O1. The second kappa shape index (κ2) is 12.3. The first-order chi connectivity index (χ1) is 19.7. The largest absolute Gasteiger partial charge is 0.355 e. The Balaban J connectivity index is 1.11. The molecule has 8 heteroatoms. The number of pyridine rings is 1. The van der Waals surface area contributed by atoms with Gasteiger partial charge in [-0.2, -0.15) is 0 Å². The highest BCUT2D eigenvalue weighted by molar-refractivity contribution is 6.00. The molecular formula is C32H37N5O3. The summed E-state index contributed by atoms with van der Waals surface area (Å²) < 4.78 is 6.42. The number of anilines is 2. The van der Waals surface area contributed by atoms with Crippen LogP contribution >= 0.6 is 0 Å². The molecule has 40 heavy (non-hydrogen) atoms. The van der Waals surface area contributed by atoms with Gasteiger partial charge in [-0.25, -0.2) is 9.78 Å². The second-order valence-electron chi connectivity index (χ2n) is 11.2. The molecule has 208 valence electrons. The number of carbonyl (C=O) groups excluding carboxylic acids is 2. The summed E-state index contributed by atoms with van der Waals surface area (Å²) >= 11 is 0. The molecule has 8 nitrogen and oxygen atoms in total. The summed E-state index contributed by atoms with van der Waals surface area (Å²) in [5.74, 6) is 1.39. The van der Waals surface area contributed by atoms with Crippen molar-refractivity contribution in [1.82, 2.24) is 15.2 Å². The van der Waals surface area contributed by atoms with Gasteiger partial charge in [-0.1, -0.05) is 55.3 Å². The van der Waals surface area contributed by atoms with Crippen molar-refractivity contribution in [2.75, 3.05) is 30.3 Å². The lowest BCUT2D eigenvalue weighted by Gasteiger charge is -2.41. The fourth-order valence-corrected chi connectivity index (χ4v) is 6.45. The minimum absolute atomic E-state index is 0.174. The van der Waals surface area contributed by atoms with Crippen LogP contribution < -0.4 is 16.0 Å². The Kier molecular flexibility index (Phi) is 8.18. The van der Waals surface area contributed by atoms with Crippen molar-refractivity contribution in [3.63, 3.8) is 0 Å². The Morgan fingerprint density at radius 3 is 2.80 bits per heavy atom. The molecule has 1 saturated carbocycles. The maximum absolute atomic E-state index is 13.1. The molecule has 3 aliphatic rings. The van der Waals surface area contributed by atoms with E-state index in [4.69, 9.17) is 4.74 Å². The molecule has 2 unspecified atom stereocenters. The van der Waals surface area contributed by atoms with Crippen molar-refractivity contribution in [2.24, 2.45) is 5.92 Å². The maximum atomic E-state index is 13.1. The minimum atomic E-state index is -0.446. The normalized spacial score (nSPS) is 24.7. The molecule has 2 aliphatic heterocycles. The predicted octanol–water partition coefficient (Wildman–Crippen LogP) is 5.70. The van der Waals surface area contributed by atoms with Gasteiger partial charge in [0, 0.05) is 37.0 Å². The van der Waals surface area contributed by atoms with Crippen LogP contribution in [0.15, 0.2) is 66.9 Å². The van der Waals surface area contributed by atoms with Crippen LogP contribution in [0.25, 0.3) is 0 Å². The average molecular weight is 540 g/mol. The molecule has 1 aliphatic carbocycles. The van der Waals surface area contributed by atoms with E-state index in [1.807, 2.05) is 24.3 Å². The maximum Gasteiger partial charge on any atom is 0.324 e. The molecule has 2 saturated heterocycles. The van der Waals surface area contributed by atoms with Gasteiger partial charge in [-0.15, -0.1) is 0 Å². The quantitative estimate of drug-likeness (QED) is 0.333. The van der Waals surface area contributed by atoms with Gasteiger partial charge in [-0.3, -0.25) is 20.3 Å². The van der Waals surface area contributed by atoms with Gasteiger partial charge in [0.2, 0.25) is 0 Å². The van der Waals surface area contributed by atoms with Crippen molar-refractivity contribution in [2.45, 2.75) is 56.9 Å². The number of fused-ring (bicyclic) bond motifs is 1. The highest BCUT2D eigenvalue weighted by atomic mass is 16.5. The lowest BCUT2D eigenvalue weighted by atomic mass is 9.85. The molecule has 3 N–H and O–H groups in total. The zero-order valence-corrected chi connectivity index (χ0v) is 22.7. The number of carbonyl (C=O) groups is 2. The van der Waals surface area contributed by atoms with Gasteiger partial charge in [-0.05, 0) is 67.0 Å². The fourth-order valence-electron chi connectivity index (χ4n) is 6.45. The van der Waals surface area contributed by atoms with Gasteiger partial charge in [0.1, 0.15) is 12.0 Å². The Bertz CT molecular complexity index is 1330. The molecule has 2 aromatic carbocycles. The first-order valence-corrected chi connectivity index (χ1v) is 14.4. The zero-order chi connectivity index (χ0) is 27.3. The second-order valence-corrected chi connectivity index (χ2v) is 11.2. The third-order valence-corrected chi connectivity index (χ3v) is 8.51. The van der Waals surface area contributed by atoms with Gasteiger partial charge in [0.05, 0.1) is 11.8 Å². The number of amides is 2.